The minimum atomic E-state index is 0.625. The molecule has 0 aliphatic carbocycles. The number of para-hydroxylation sites is 2. The predicted molar refractivity (Wildman–Crippen MR) is 211 cm³/mol. The third-order valence-corrected chi connectivity index (χ3v) is 9.82. The molecule has 10 rings (SSSR count). The van der Waals surface area contributed by atoms with Crippen molar-refractivity contribution in [2.75, 3.05) is 0 Å². The Hall–Kier alpha value is -6.91. The number of nitrogens with zero attached hydrogens (tertiary/aromatic N) is 4. The minimum Gasteiger partial charge on any atom is -0.308 e. The summed E-state index contributed by atoms with van der Waals surface area (Å²) >= 11 is 0. The molecule has 4 nitrogen and oxygen atoms in total. The van der Waals surface area contributed by atoms with Crippen LogP contribution in [0.15, 0.2) is 182 Å². The van der Waals surface area contributed by atoms with E-state index in [1.807, 2.05) is 18.2 Å². The second-order valence-electron chi connectivity index (χ2n) is 12.9. The van der Waals surface area contributed by atoms with Crippen molar-refractivity contribution in [2.45, 2.75) is 0 Å². The zero-order chi connectivity index (χ0) is 33.7. The van der Waals surface area contributed by atoms with Gasteiger partial charge in [-0.3, -0.25) is 0 Å². The van der Waals surface area contributed by atoms with Crippen LogP contribution in [0.3, 0.4) is 0 Å². The molecule has 10 aromatic rings. The smallest absolute Gasteiger partial charge is 0.166 e. The van der Waals surface area contributed by atoms with Crippen LogP contribution in [-0.4, -0.2) is 19.5 Å². The highest BCUT2D eigenvalue weighted by Crippen LogP contribution is 2.38. The van der Waals surface area contributed by atoms with Crippen LogP contribution in [-0.2, 0) is 0 Å². The maximum atomic E-state index is 5.19. The molecule has 0 atom stereocenters. The fourth-order valence-corrected chi connectivity index (χ4v) is 7.29. The molecule has 0 saturated heterocycles. The molecule has 0 radical (unpaired) electrons. The average Bonchev–Trinajstić information content (AvgIpc) is 3.53. The number of benzene rings is 8. The molecule has 2 heterocycles. The van der Waals surface area contributed by atoms with Crippen molar-refractivity contribution in [2.24, 2.45) is 0 Å². The zero-order valence-corrected chi connectivity index (χ0v) is 27.6. The standard InChI is InChI=1S/C47H30N4/c1-2-13-33(14-3-1)45-48-46(34-25-22-32(23-26-34)38-27-24-31-12-4-5-15-35(31)28-38)50-47(49-45)40-19-9-11-21-43(40)51-42-20-10-8-18-39(42)41-29-36-16-6-7-17-37(36)30-44(41)51/h1-30H. The summed E-state index contributed by atoms with van der Waals surface area (Å²) in [6.07, 6.45) is 0. The highest BCUT2D eigenvalue weighted by Gasteiger charge is 2.19. The molecule has 0 N–H and O–H groups in total. The number of aromatic nitrogens is 4. The lowest BCUT2D eigenvalue weighted by atomic mass is 10.00. The van der Waals surface area contributed by atoms with Crippen LogP contribution in [0.5, 0.6) is 0 Å². The monoisotopic (exact) mass is 650 g/mol. The van der Waals surface area contributed by atoms with Gasteiger partial charge in [-0.15, -0.1) is 0 Å². The van der Waals surface area contributed by atoms with E-state index >= 15 is 0 Å². The van der Waals surface area contributed by atoms with E-state index in [4.69, 9.17) is 15.0 Å². The lowest BCUT2D eigenvalue weighted by Gasteiger charge is -2.15. The molecule has 0 aliphatic rings. The van der Waals surface area contributed by atoms with E-state index in [9.17, 15) is 0 Å². The lowest BCUT2D eigenvalue weighted by molar-refractivity contribution is 1.06. The van der Waals surface area contributed by atoms with E-state index < -0.39 is 0 Å². The van der Waals surface area contributed by atoms with E-state index in [1.54, 1.807) is 0 Å². The topological polar surface area (TPSA) is 43.6 Å². The van der Waals surface area contributed by atoms with Crippen LogP contribution in [0.4, 0.5) is 0 Å². The lowest BCUT2D eigenvalue weighted by Crippen LogP contribution is -2.03. The molecule has 2 aromatic heterocycles. The van der Waals surface area contributed by atoms with E-state index in [1.165, 1.54) is 37.9 Å². The Morgan fingerprint density at radius 2 is 0.863 bits per heavy atom. The third-order valence-electron chi connectivity index (χ3n) is 9.82. The number of rotatable bonds is 5. The Morgan fingerprint density at radius 3 is 1.65 bits per heavy atom. The highest BCUT2D eigenvalue weighted by molar-refractivity contribution is 6.14. The third kappa shape index (κ3) is 5.04. The van der Waals surface area contributed by atoms with Gasteiger partial charge in [0.25, 0.3) is 0 Å². The zero-order valence-electron chi connectivity index (χ0n) is 27.6. The SMILES string of the molecule is c1ccc(-c2nc(-c3ccc(-c4ccc5ccccc5c4)cc3)nc(-c3ccccc3-n3c4ccccc4c4cc5ccccc5cc43)n2)cc1. The molecular formula is C47H30N4. The van der Waals surface area contributed by atoms with Gasteiger partial charge in [0, 0.05) is 27.5 Å². The molecule has 4 heteroatoms. The first-order valence-corrected chi connectivity index (χ1v) is 17.2. The Balaban J connectivity index is 1.15. The molecule has 238 valence electrons. The Kier molecular flexibility index (Phi) is 6.78. The summed E-state index contributed by atoms with van der Waals surface area (Å²) in [4.78, 5) is 15.4. The number of fused-ring (bicyclic) bond motifs is 5. The van der Waals surface area contributed by atoms with Crippen molar-refractivity contribution in [3.63, 3.8) is 0 Å². The van der Waals surface area contributed by atoms with Crippen LogP contribution < -0.4 is 0 Å². The molecule has 0 saturated carbocycles. The summed E-state index contributed by atoms with van der Waals surface area (Å²) in [6, 6.07) is 64.0. The van der Waals surface area contributed by atoms with Crippen molar-refractivity contribution >= 4 is 43.4 Å². The van der Waals surface area contributed by atoms with Crippen molar-refractivity contribution in [1.82, 2.24) is 19.5 Å². The van der Waals surface area contributed by atoms with Gasteiger partial charge in [-0.2, -0.15) is 0 Å². The first kappa shape index (κ1) is 29.0. The number of hydrogen-bond donors (Lipinski definition) is 0. The molecule has 0 amide bonds. The van der Waals surface area contributed by atoms with Crippen molar-refractivity contribution < 1.29 is 0 Å². The van der Waals surface area contributed by atoms with Gasteiger partial charge in [0.1, 0.15) is 0 Å². The fourth-order valence-electron chi connectivity index (χ4n) is 7.29. The van der Waals surface area contributed by atoms with Gasteiger partial charge >= 0.3 is 0 Å². The Labute approximate surface area is 295 Å². The second kappa shape index (κ2) is 11.9. The average molecular weight is 651 g/mol. The molecular weight excluding hydrogens is 621 g/mol. The minimum absolute atomic E-state index is 0.625. The molecule has 0 spiro atoms. The highest BCUT2D eigenvalue weighted by atomic mass is 15.1. The van der Waals surface area contributed by atoms with Crippen LogP contribution >= 0.6 is 0 Å². The van der Waals surface area contributed by atoms with Gasteiger partial charge in [0.2, 0.25) is 0 Å². The van der Waals surface area contributed by atoms with Crippen molar-refractivity contribution in [3.8, 4) is 51.0 Å². The molecule has 0 aliphatic heterocycles. The normalized spacial score (nSPS) is 11.5. The predicted octanol–water partition coefficient (Wildman–Crippen LogP) is 11.9. The maximum absolute atomic E-state index is 5.19. The number of hydrogen-bond acceptors (Lipinski definition) is 3. The van der Waals surface area contributed by atoms with Crippen LogP contribution in [0.25, 0.3) is 94.3 Å². The summed E-state index contributed by atoms with van der Waals surface area (Å²) in [7, 11) is 0. The molecule has 0 bridgehead atoms. The van der Waals surface area contributed by atoms with Crippen molar-refractivity contribution in [1.29, 1.82) is 0 Å². The maximum Gasteiger partial charge on any atom is 0.166 e. The second-order valence-corrected chi connectivity index (χ2v) is 12.9. The first-order chi connectivity index (χ1) is 25.3. The molecule has 0 unspecified atom stereocenters. The van der Waals surface area contributed by atoms with E-state index in [0.717, 1.165) is 39.0 Å². The van der Waals surface area contributed by atoms with Gasteiger partial charge in [0.15, 0.2) is 17.5 Å². The summed E-state index contributed by atoms with van der Waals surface area (Å²) in [6.45, 7) is 0. The summed E-state index contributed by atoms with van der Waals surface area (Å²) in [5.41, 5.74) is 8.42. The summed E-state index contributed by atoms with van der Waals surface area (Å²) in [5.74, 6) is 1.89. The quantitative estimate of drug-likeness (QED) is 0.186. The van der Waals surface area contributed by atoms with Crippen LogP contribution in [0.2, 0.25) is 0 Å². The van der Waals surface area contributed by atoms with Crippen LogP contribution in [0.1, 0.15) is 0 Å². The van der Waals surface area contributed by atoms with E-state index in [2.05, 4.69) is 168 Å². The molecule has 0 fully saturated rings. The van der Waals surface area contributed by atoms with E-state index in [0.29, 0.717) is 17.5 Å². The molecule has 8 aromatic carbocycles. The van der Waals surface area contributed by atoms with E-state index in [-0.39, 0.29) is 0 Å². The van der Waals surface area contributed by atoms with Gasteiger partial charge < -0.3 is 4.57 Å². The Morgan fingerprint density at radius 1 is 0.314 bits per heavy atom. The van der Waals surface area contributed by atoms with Gasteiger partial charge in [-0.1, -0.05) is 146 Å². The fraction of sp³-hybridized carbons (Fsp3) is 0. The van der Waals surface area contributed by atoms with Gasteiger partial charge in [0.05, 0.1) is 16.7 Å². The van der Waals surface area contributed by atoms with Gasteiger partial charge in [-0.25, -0.2) is 15.0 Å². The summed E-state index contributed by atoms with van der Waals surface area (Å²) < 4.78 is 2.36. The molecule has 51 heavy (non-hydrogen) atoms. The first-order valence-electron chi connectivity index (χ1n) is 17.2. The van der Waals surface area contributed by atoms with Gasteiger partial charge in [-0.05, 0) is 69.1 Å². The van der Waals surface area contributed by atoms with Crippen LogP contribution in [0, 0.1) is 0 Å². The summed E-state index contributed by atoms with van der Waals surface area (Å²) in [5, 5.41) is 7.31. The Bertz CT molecular complexity index is 2910. The van der Waals surface area contributed by atoms with Crippen molar-refractivity contribution in [3.05, 3.63) is 182 Å². The largest absolute Gasteiger partial charge is 0.308 e.